The third-order valence-corrected chi connectivity index (χ3v) is 4.33. The van der Waals surface area contributed by atoms with E-state index >= 15 is 0 Å². The Hall–Kier alpha value is -0.0800. The zero-order valence-electron chi connectivity index (χ0n) is 10.9. The zero-order chi connectivity index (χ0) is 11.4. The van der Waals surface area contributed by atoms with E-state index in [1.807, 2.05) is 0 Å². The van der Waals surface area contributed by atoms with E-state index in [0.29, 0.717) is 6.04 Å². The molecule has 4 atom stereocenters. The highest BCUT2D eigenvalue weighted by atomic mass is 16.5. The van der Waals surface area contributed by atoms with Gasteiger partial charge in [0, 0.05) is 25.3 Å². The molecule has 0 spiro atoms. The minimum absolute atomic E-state index is 0.711. The maximum Gasteiger partial charge on any atom is 0.0480 e. The van der Waals surface area contributed by atoms with Gasteiger partial charge in [-0.25, -0.2) is 0 Å². The standard InChI is InChI=1S/C14H27NO/c1-11-5-6-14(12(2)10-11)15-13-4-3-8-16-9-7-13/h11-15H,3-10H2,1-2H3. The second kappa shape index (κ2) is 6.02. The molecule has 94 valence electrons. The number of hydrogen-bond donors (Lipinski definition) is 1. The van der Waals surface area contributed by atoms with Crippen LogP contribution in [0.1, 0.15) is 52.4 Å². The Morgan fingerprint density at radius 3 is 2.69 bits per heavy atom. The van der Waals surface area contributed by atoms with Crippen molar-refractivity contribution < 1.29 is 4.74 Å². The number of ether oxygens (including phenoxy) is 1. The largest absolute Gasteiger partial charge is 0.381 e. The quantitative estimate of drug-likeness (QED) is 0.780. The summed E-state index contributed by atoms with van der Waals surface area (Å²) in [5, 5.41) is 3.89. The summed E-state index contributed by atoms with van der Waals surface area (Å²) in [5.74, 6) is 1.79. The summed E-state index contributed by atoms with van der Waals surface area (Å²) in [6.45, 7) is 6.73. The smallest absolute Gasteiger partial charge is 0.0480 e. The van der Waals surface area contributed by atoms with Crippen molar-refractivity contribution in [3.63, 3.8) is 0 Å². The van der Waals surface area contributed by atoms with Crippen LogP contribution in [-0.4, -0.2) is 25.3 Å². The first kappa shape index (κ1) is 12.4. The van der Waals surface area contributed by atoms with Crippen molar-refractivity contribution in [2.24, 2.45) is 11.8 Å². The van der Waals surface area contributed by atoms with Crippen LogP contribution in [0.25, 0.3) is 0 Å². The number of rotatable bonds is 2. The Morgan fingerprint density at radius 1 is 1.00 bits per heavy atom. The van der Waals surface area contributed by atoms with Crippen LogP contribution in [0, 0.1) is 11.8 Å². The van der Waals surface area contributed by atoms with E-state index in [1.54, 1.807) is 0 Å². The molecule has 2 fully saturated rings. The van der Waals surface area contributed by atoms with Gasteiger partial charge in [-0.05, 0) is 50.4 Å². The average molecular weight is 225 g/mol. The molecule has 0 radical (unpaired) electrons. The van der Waals surface area contributed by atoms with Gasteiger partial charge in [0.2, 0.25) is 0 Å². The second-order valence-corrected chi connectivity index (χ2v) is 5.91. The Labute approximate surface area is 100 Å². The van der Waals surface area contributed by atoms with E-state index in [4.69, 9.17) is 4.74 Å². The second-order valence-electron chi connectivity index (χ2n) is 5.91. The topological polar surface area (TPSA) is 21.3 Å². The fourth-order valence-electron chi connectivity index (χ4n) is 3.29. The molecule has 1 aliphatic carbocycles. The van der Waals surface area contributed by atoms with Crippen LogP contribution >= 0.6 is 0 Å². The van der Waals surface area contributed by atoms with Crippen LogP contribution in [0.4, 0.5) is 0 Å². The lowest BCUT2D eigenvalue weighted by molar-refractivity contribution is 0.140. The molecule has 0 aromatic carbocycles. The van der Waals surface area contributed by atoms with Crippen molar-refractivity contribution in [1.29, 1.82) is 0 Å². The fourth-order valence-corrected chi connectivity index (χ4v) is 3.29. The molecule has 2 nitrogen and oxygen atoms in total. The van der Waals surface area contributed by atoms with Crippen molar-refractivity contribution in [2.45, 2.75) is 64.5 Å². The fraction of sp³-hybridized carbons (Fsp3) is 1.00. The van der Waals surface area contributed by atoms with E-state index in [-0.39, 0.29) is 0 Å². The van der Waals surface area contributed by atoms with Crippen molar-refractivity contribution >= 4 is 0 Å². The van der Waals surface area contributed by atoms with Gasteiger partial charge in [0.1, 0.15) is 0 Å². The van der Waals surface area contributed by atoms with Gasteiger partial charge >= 0.3 is 0 Å². The molecule has 1 N–H and O–H groups in total. The van der Waals surface area contributed by atoms with Gasteiger partial charge in [0.15, 0.2) is 0 Å². The van der Waals surface area contributed by atoms with Gasteiger partial charge in [0.05, 0.1) is 0 Å². The predicted molar refractivity (Wildman–Crippen MR) is 67.6 cm³/mol. The van der Waals surface area contributed by atoms with E-state index in [0.717, 1.165) is 31.1 Å². The first-order chi connectivity index (χ1) is 7.75. The third kappa shape index (κ3) is 3.46. The Kier molecular flexibility index (Phi) is 4.66. The summed E-state index contributed by atoms with van der Waals surface area (Å²) in [6, 6.07) is 1.47. The van der Waals surface area contributed by atoms with Gasteiger partial charge in [-0.15, -0.1) is 0 Å². The number of nitrogens with one attached hydrogen (secondary N) is 1. The molecule has 16 heavy (non-hydrogen) atoms. The van der Waals surface area contributed by atoms with Crippen LogP contribution < -0.4 is 5.32 Å². The maximum atomic E-state index is 5.52. The van der Waals surface area contributed by atoms with Crippen LogP contribution in [0.2, 0.25) is 0 Å². The van der Waals surface area contributed by atoms with Gasteiger partial charge in [-0.2, -0.15) is 0 Å². The first-order valence-electron chi connectivity index (χ1n) is 7.09. The predicted octanol–water partition coefficient (Wildman–Crippen LogP) is 2.97. The molecule has 1 heterocycles. The molecular formula is C14H27NO. The molecule has 2 heteroatoms. The lowest BCUT2D eigenvalue weighted by Gasteiger charge is -2.35. The van der Waals surface area contributed by atoms with E-state index in [2.05, 4.69) is 19.2 Å². The molecule has 4 unspecified atom stereocenters. The molecular weight excluding hydrogens is 198 g/mol. The molecule has 1 saturated carbocycles. The van der Waals surface area contributed by atoms with Crippen molar-refractivity contribution in [3.8, 4) is 0 Å². The van der Waals surface area contributed by atoms with Crippen LogP contribution in [0.15, 0.2) is 0 Å². The summed E-state index contributed by atoms with van der Waals surface area (Å²) in [6.07, 6.45) is 7.93. The summed E-state index contributed by atoms with van der Waals surface area (Å²) >= 11 is 0. The lowest BCUT2D eigenvalue weighted by Crippen LogP contribution is -2.44. The summed E-state index contributed by atoms with van der Waals surface area (Å²) in [5.41, 5.74) is 0. The summed E-state index contributed by atoms with van der Waals surface area (Å²) in [7, 11) is 0. The molecule has 2 rings (SSSR count). The molecule has 1 saturated heterocycles. The van der Waals surface area contributed by atoms with Gasteiger partial charge < -0.3 is 10.1 Å². The summed E-state index contributed by atoms with van der Waals surface area (Å²) < 4.78 is 5.52. The number of hydrogen-bond acceptors (Lipinski definition) is 2. The molecule has 1 aliphatic heterocycles. The molecule has 0 bridgehead atoms. The minimum atomic E-state index is 0.711. The maximum absolute atomic E-state index is 5.52. The van der Waals surface area contributed by atoms with Crippen LogP contribution in [-0.2, 0) is 4.74 Å². The van der Waals surface area contributed by atoms with E-state index < -0.39 is 0 Å². The van der Waals surface area contributed by atoms with E-state index in [9.17, 15) is 0 Å². The van der Waals surface area contributed by atoms with Gasteiger partial charge in [-0.3, -0.25) is 0 Å². The molecule has 0 aromatic heterocycles. The van der Waals surface area contributed by atoms with Gasteiger partial charge in [-0.1, -0.05) is 13.8 Å². The average Bonchev–Trinajstić information content (AvgIpc) is 2.51. The lowest BCUT2D eigenvalue weighted by atomic mass is 9.79. The Balaban J connectivity index is 1.79. The van der Waals surface area contributed by atoms with E-state index in [1.165, 1.54) is 38.5 Å². The van der Waals surface area contributed by atoms with Gasteiger partial charge in [0.25, 0.3) is 0 Å². The SMILES string of the molecule is CC1CCC(NC2CCCOCC2)C(C)C1. The monoisotopic (exact) mass is 225 g/mol. The first-order valence-corrected chi connectivity index (χ1v) is 7.09. The highest BCUT2D eigenvalue weighted by molar-refractivity contribution is 4.84. The highest BCUT2D eigenvalue weighted by Crippen LogP contribution is 2.29. The minimum Gasteiger partial charge on any atom is -0.381 e. The van der Waals surface area contributed by atoms with Crippen molar-refractivity contribution in [1.82, 2.24) is 5.32 Å². The van der Waals surface area contributed by atoms with Crippen molar-refractivity contribution in [3.05, 3.63) is 0 Å². The molecule has 0 aromatic rings. The molecule has 0 amide bonds. The third-order valence-electron chi connectivity index (χ3n) is 4.33. The zero-order valence-corrected chi connectivity index (χ0v) is 10.9. The highest BCUT2D eigenvalue weighted by Gasteiger charge is 2.27. The summed E-state index contributed by atoms with van der Waals surface area (Å²) in [4.78, 5) is 0. The molecule has 2 aliphatic rings. The van der Waals surface area contributed by atoms with Crippen molar-refractivity contribution in [2.75, 3.05) is 13.2 Å². The van der Waals surface area contributed by atoms with Crippen LogP contribution in [0.3, 0.4) is 0 Å². The normalized spacial score (nSPS) is 41.6. The van der Waals surface area contributed by atoms with Crippen LogP contribution in [0.5, 0.6) is 0 Å². The Bertz CT molecular complexity index is 199. The Morgan fingerprint density at radius 2 is 1.88 bits per heavy atom.